The van der Waals surface area contributed by atoms with Crippen molar-refractivity contribution in [1.29, 1.82) is 5.26 Å². The third-order valence-electron chi connectivity index (χ3n) is 3.53. The van der Waals surface area contributed by atoms with Gasteiger partial charge in [0.25, 0.3) is 0 Å². The van der Waals surface area contributed by atoms with Gasteiger partial charge in [-0.15, -0.1) is 0 Å². The zero-order valence-electron chi connectivity index (χ0n) is 13.7. The predicted octanol–water partition coefficient (Wildman–Crippen LogP) is 4.16. The lowest BCUT2D eigenvalue weighted by atomic mass is 10.1. The van der Waals surface area contributed by atoms with Crippen LogP contribution in [0.5, 0.6) is 0 Å². The molecule has 4 nitrogen and oxygen atoms in total. The minimum absolute atomic E-state index is 0.185. The highest BCUT2D eigenvalue weighted by atomic mass is 32.1. The molecule has 0 aliphatic rings. The first-order valence-electron chi connectivity index (χ1n) is 8.22. The first-order chi connectivity index (χ1) is 11.2. The molecule has 0 saturated heterocycles. The number of hydrogen-bond donors (Lipinski definition) is 2. The number of nitriles is 1. The van der Waals surface area contributed by atoms with Crippen LogP contribution in [0.15, 0.2) is 24.3 Å². The van der Waals surface area contributed by atoms with Crippen LogP contribution < -0.4 is 10.6 Å². The zero-order chi connectivity index (χ0) is 16.9. The van der Waals surface area contributed by atoms with Gasteiger partial charge < -0.3 is 10.6 Å². The van der Waals surface area contributed by atoms with Crippen molar-refractivity contribution >= 4 is 28.8 Å². The molecule has 0 saturated carbocycles. The molecular weight excluding hydrogens is 306 g/mol. The summed E-state index contributed by atoms with van der Waals surface area (Å²) >= 11 is 5.16. The Kier molecular flexibility index (Phi) is 9.65. The van der Waals surface area contributed by atoms with Crippen molar-refractivity contribution in [3.8, 4) is 6.07 Å². The molecule has 0 aliphatic carbocycles. The van der Waals surface area contributed by atoms with Gasteiger partial charge in [-0.3, -0.25) is 4.79 Å². The van der Waals surface area contributed by atoms with Crippen molar-refractivity contribution in [3.05, 3.63) is 29.8 Å². The Bertz CT molecular complexity index is 534. The van der Waals surface area contributed by atoms with Gasteiger partial charge in [-0.25, -0.2) is 0 Å². The minimum Gasteiger partial charge on any atom is -0.355 e. The quantitative estimate of drug-likeness (QED) is 0.498. The number of ketones is 1. The summed E-state index contributed by atoms with van der Waals surface area (Å²) < 4.78 is 0. The molecule has 0 aliphatic heterocycles. The van der Waals surface area contributed by atoms with E-state index in [1.807, 2.05) is 0 Å². The molecule has 0 bridgehead atoms. The Morgan fingerprint density at radius 2 is 1.78 bits per heavy atom. The number of rotatable bonds is 10. The molecule has 0 spiro atoms. The van der Waals surface area contributed by atoms with Crippen LogP contribution in [0.4, 0.5) is 5.69 Å². The summed E-state index contributed by atoms with van der Waals surface area (Å²) in [6.45, 7) is 2.46. The molecule has 1 aromatic rings. The molecule has 0 aromatic heterocycles. The average molecular weight is 331 g/mol. The predicted molar refractivity (Wildman–Crippen MR) is 98.4 cm³/mol. The van der Waals surface area contributed by atoms with Crippen molar-refractivity contribution in [2.75, 3.05) is 11.9 Å². The van der Waals surface area contributed by atoms with Crippen LogP contribution in [0.2, 0.25) is 0 Å². The van der Waals surface area contributed by atoms with Crippen molar-refractivity contribution in [2.45, 2.75) is 51.9 Å². The van der Waals surface area contributed by atoms with E-state index in [9.17, 15) is 4.79 Å². The Morgan fingerprint density at radius 3 is 2.43 bits per heavy atom. The number of Topliss-reactive ketones (excluding diaryl/α,β-unsaturated/α-hetero) is 1. The number of hydrogen-bond acceptors (Lipinski definition) is 3. The summed E-state index contributed by atoms with van der Waals surface area (Å²) in [7, 11) is 0. The lowest BCUT2D eigenvalue weighted by Crippen LogP contribution is -2.33. The van der Waals surface area contributed by atoms with Crippen LogP contribution in [-0.4, -0.2) is 17.4 Å². The lowest BCUT2D eigenvalue weighted by molar-refractivity contribution is -0.118. The summed E-state index contributed by atoms with van der Waals surface area (Å²) in [4.78, 5) is 11.8. The van der Waals surface area contributed by atoms with Crippen LogP contribution in [0.3, 0.4) is 0 Å². The van der Waals surface area contributed by atoms with Crippen LogP contribution in [0.25, 0.3) is 0 Å². The Hall–Kier alpha value is -1.93. The van der Waals surface area contributed by atoms with E-state index in [2.05, 4.69) is 23.6 Å². The van der Waals surface area contributed by atoms with Gasteiger partial charge in [0, 0.05) is 12.1 Å². The highest BCUT2D eigenvalue weighted by molar-refractivity contribution is 7.80. The number of carbonyl (C=O) groups excluding carboxylic acids is 1. The van der Waals surface area contributed by atoms with E-state index in [-0.39, 0.29) is 12.3 Å². The van der Waals surface area contributed by atoms with Gasteiger partial charge >= 0.3 is 0 Å². The first-order valence-corrected chi connectivity index (χ1v) is 8.63. The third kappa shape index (κ3) is 8.94. The van der Waals surface area contributed by atoms with Gasteiger partial charge in [-0.05, 0) is 42.9 Å². The van der Waals surface area contributed by atoms with Crippen LogP contribution in [0.1, 0.15) is 57.4 Å². The largest absolute Gasteiger partial charge is 0.355 e. The molecule has 23 heavy (non-hydrogen) atoms. The van der Waals surface area contributed by atoms with Gasteiger partial charge in [0.15, 0.2) is 10.9 Å². The Balaban J connectivity index is 2.14. The monoisotopic (exact) mass is 331 g/mol. The molecule has 1 rings (SSSR count). The van der Waals surface area contributed by atoms with Crippen LogP contribution >= 0.6 is 12.2 Å². The maximum Gasteiger partial charge on any atom is 0.171 e. The fourth-order valence-electron chi connectivity index (χ4n) is 2.17. The highest BCUT2D eigenvalue weighted by Crippen LogP contribution is 2.09. The zero-order valence-corrected chi connectivity index (χ0v) is 14.5. The van der Waals surface area contributed by atoms with E-state index in [0.717, 1.165) is 18.5 Å². The van der Waals surface area contributed by atoms with Crippen molar-refractivity contribution in [3.63, 3.8) is 0 Å². The summed E-state index contributed by atoms with van der Waals surface area (Å²) in [5.41, 5.74) is 1.40. The first kappa shape index (κ1) is 19.1. The molecule has 5 heteroatoms. The third-order valence-corrected chi connectivity index (χ3v) is 3.77. The number of benzene rings is 1. The van der Waals surface area contributed by atoms with Gasteiger partial charge in [-0.1, -0.05) is 39.0 Å². The molecule has 0 amide bonds. The highest BCUT2D eigenvalue weighted by Gasteiger charge is 2.04. The maximum atomic E-state index is 11.8. The minimum atomic E-state index is 0.185. The van der Waals surface area contributed by atoms with Crippen molar-refractivity contribution in [2.24, 2.45) is 0 Å². The summed E-state index contributed by atoms with van der Waals surface area (Å²) in [5.74, 6) is 0.185. The number of nitrogens with one attached hydrogen (secondary N) is 2. The second-order valence-corrected chi connectivity index (χ2v) is 5.96. The van der Waals surface area contributed by atoms with Crippen LogP contribution in [0, 0.1) is 11.3 Å². The standard InChI is InChI=1S/C18H25N3OS/c1-2-3-4-5-6-7-8-17(22)14-20-18(23)21-16-11-9-15(13-19)10-12-16/h9-12H,2-8,14H2,1H3,(H2,20,21,23). The molecule has 2 N–H and O–H groups in total. The van der Waals surface area contributed by atoms with Gasteiger partial charge in [0.05, 0.1) is 18.2 Å². The van der Waals surface area contributed by atoms with E-state index in [1.165, 1.54) is 25.7 Å². The molecule has 0 unspecified atom stereocenters. The molecule has 0 radical (unpaired) electrons. The van der Waals surface area contributed by atoms with E-state index < -0.39 is 0 Å². The van der Waals surface area contributed by atoms with Crippen LogP contribution in [-0.2, 0) is 4.79 Å². The smallest absolute Gasteiger partial charge is 0.171 e. The number of carbonyl (C=O) groups is 1. The van der Waals surface area contributed by atoms with Crippen molar-refractivity contribution in [1.82, 2.24) is 5.32 Å². The Labute approximate surface area is 144 Å². The number of unbranched alkanes of at least 4 members (excludes halogenated alkanes) is 5. The SMILES string of the molecule is CCCCCCCCC(=O)CNC(=S)Nc1ccc(C#N)cc1. The summed E-state index contributed by atoms with van der Waals surface area (Å²) in [5, 5.41) is 15.1. The topological polar surface area (TPSA) is 64.9 Å². The molecule has 0 atom stereocenters. The molecule has 0 fully saturated rings. The number of thiocarbonyl (C=S) groups is 1. The Morgan fingerprint density at radius 1 is 1.13 bits per heavy atom. The fourth-order valence-corrected chi connectivity index (χ4v) is 2.36. The molecular formula is C18H25N3OS. The fraction of sp³-hybridized carbons (Fsp3) is 0.500. The van der Waals surface area contributed by atoms with E-state index in [0.29, 0.717) is 17.1 Å². The van der Waals surface area contributed by atoms with E-state index >= 15 is 0 Å². The average Bonchev–Trinajstić information content (AvgIpc) is 2.57. The number of nitrogens with zero attached hydrogens (tertiary/aromatic N) is 1. The molecule has 124 valence electrons. The maximum absolute atomic E-state index is 11.8. The van der Waals surface area contributed by atoms with Gasteiger partial charge in [0.1, 0.15) is 0 Å². The summed E-state index contributed by atoms with van der Waals surface area (Å²) in [6, 6.07) is 9.06. The molecule has 1 aromatic carbocycles. The summed E-state index contributed by atoms with van der Waals surface area (Å²) in [6.07, 6.45) is 7.70. The lowest BCUT2D eigenvalue weighted by Gasteiger charge is -2.10. The van der Waals surface area contributed by atoms with Crippen molar-refractivity contribution < 1.29 is 4.79 Å². The van der Waals surface area contributed by atoms with Gasteiger partial charge in [-0.2, -0.15) is 5.26 Å². The van der Waals surface area contributed by atoms with E-state index in [1.54, 1.807) is 24.3 Å². The van der Waals surface area contributed by atoms with E-state index in [4.69, 9.17) is 17.5 Å². The molecule has 0 heterocycles. The second kappa shape index (κ2) is 11.6. The van der Waals surface area contributed by atoms with Gasteiger partial charge in [0.2, 0.25) is 0 Å². The second-order valence-electron chi connectivity index (χ2n) is 5.55. The normalized spacial score (nSPS) is 9.91. The number of anilines is 1.